The van der Waals surface area contributed by atoms with Gasteiger partial charge in [-0.2, -0.15) is 0 Å². The van der Waals surface area contributed by atoms with Gasteiger partial charge in [0.15, 0.2) is 0 Å². The zero-order chi connectivity index (χ0) is 22.7. The van der Waals surface area contributed by atoms with Crippen molar-refractivity contribution in [1.82, 2.24) is 0 Å². The third kappa shape index (κ3) is 10.7. The Morgan fingerprint density at radius 3 is 2.00 bits per heavy atom. The van der Waals surface area contributed by atoms with Crippen LogP contribution in [0.3, 0.4) is 0 Å². The van der Waals surface area contributed by atoms with Gasteiger partial charge < -0.3 is 18.9 Å². The van der Waals surface area contributed by atoms with E-state index in [0.29, 0.717) is 26.4 Å². The van der Waals surface area contributed by atoms with E-state index in [9.17, 15) is 0 Å². The minimum Gasteiger partial charge on any atom is -0.490 e. The molecule has 0 fully saturated rings. The Hall–Kier alpha value is -2.04. The van der Waals surface area contributed by atoms with Crippen molar-refractivity contribution < 1.29 is 18.9 Å². The predicted molar refractivity (Wildman–Crippen MR) is 127 cm³/mol. The maximum Gasteiger partial charge on any atom is 0.122 e. The summed E-state index contributed by atoms with van der Waals surface area (Å²) in [7, 11) is 0. The summed E-state index contributed by atoms with van der Waals surface area (Å²) in [6, 6.07) is 16.6. The molecule has 0 heterocycles. The number of aryl methyl sites for hydroxylation is 1. The Labute approximate surface area is 188 Å². The summed E-state index contributed by atoms with van der Waals surface area (Å²) in [5, 5.41) is 0. The van der Waals surface area contributed by atoms with E-state index in [1.165, 1.54) is 11.1 Å². The highest BCUT2D eigenvalue weighted by Crippen LogP contribution is 2.24. The zero-order valence-electron chi connectivity index (χ0n) is 20.2. The first-order chi connectivity index (χ1) is 14.6. The summed E-state index contributed by atoms with van der Waals surface area (Å²) in [4.78, 5) is 0. The molecule has 4 nitrogen and oxygen atoms in total. The molecule has 0 saturated carbocycles. The third-order valence-electron chi connectivity index (χ3n) is 4.76. The summed E-state index contributed by atoms with van der Waals surface area (Å²) in [6.07, 6.45) is 1.95. The molecule has 2 rings (SSSR count). The summed E-state index contributed by atoms with van der Waals surface area (Å²) in [5.41, 5.74) is 2.60. The molecule has 0 unspecified atom stereocenters. The fourth-order valence-electron chi connectivity index (χ4n) is 3.05. The lowest BCUT2D eigenvalue weighted by molar-refractivity contribution is -0.0350. The summed E-state index contributed by atoms with van der Waals surface area (Å²) in [6.45, 7) is 15.8. The van der Waals surface area contributed by atoms with Crippen molar-refractivity contribution in [2.75, 3.05) is 33.0 Å². The minimum absolute atomic E-state index is 0.105. The molecule has 0 N–H and O–H groups in total. The molecule has 0 spiro atoms. The van der Waals surface area contributed by atoms with Gasteiger partial charge in [0.1, 0.15) is 24.7 Å². The van der Waals surface area contributed by atoms with Crippen molar-refractivity contribution >= 4 is 0 Å². The largest absolute Gasteiger partial charge is 0.490 e. The van der Waals surface area contributed by atoms with Crippen LogP contribution in [0.4, 0.5) is 0 Å². The topological polar surface area (TPSA) is 36.9 Å². The van der Waals surface area contributed by atoms with Crippen LogP contribution in [0.2, 0.25) is 0 Å². The van der Waals surface area contributed by atoms with Gasteiger partial charge in [0.2, 0.25) is 0 Å². The van der Waals surface area contributed by atoms with E-state index in [1.807, 2.05) is 24.3 Å². The third-order valence-corrected chi connectivity index (χ3v) is 4.76. The lowest BCUT2D eigenvalue weighted by Crippen LogP contribution is -2.21. The van der Waals surface area contributed by atoms with Crippen LogP contribution in [0, 0.1) is 0 Å². The molecule has 0 radical (unpaired) electrons. The number of hydrogen-bond acceptors (Lipinski definition) is 4. The summed E-state index contributed by atoms with van der Waals surface area (Å²) < 4.78 is 23.0. The summed E-state index contributed by atoms with van der Waals surface area (Å²) >= 11 is 0. The second-order valence-electron chi connectivity index (χ2n) is 9.80. The van der Waals surface area contributed by atoms with Crippen molar-refractivity contribution in [1.29, 1.82) is 0 Å². The van der Waals surface area contributed by atoms with Gasteiger partial charge in [-0.25, -0.2) is 0 Å². The molecule has 2 aromatic rings. The molecular formula is C27H40O4. The highest BCUT2D eigenvalue weighted by Gasteiger charge is 2.13. The fraction of sp³-hybridized carbons (Fsp3) is 0.556. The van der Waals surface area contributed by atoms with Crippen LogP contribution in [0.5, 0.6) is 11.5 Å². The number of benzene rings is 2. The predicted octanol–water partition coefficient (Wildman–Crippen LogP) is 6.21. The molecule has 31 heavy (non-hydrogen) atoms. The van der Waals surface area contributed by atoms with Crippen LogP contribution in [-0.2, 0) is 21.3 Å². The van der Waals surface area contributed by atoms with Crippen LogP contribution >= 0.6 is 0 Å². The Morgan fingerprint density at radius 1 is 0.677 bits per heavy atom. The van der Waals surface area contributed by atoms with Gasteiger partial charge in [0.05, 0.1) is 18.8 Å². The lowest BCUT2D eigenvalue weighted by atomic mass is 9.87. The van der Waals surface area contributed by atoms with Gasteiger partial charge in [0, 0.05) is 6.61 Å². The van der Waals surface area contributed by atoms with Crippen LogP contribution in [-0.4, -0.2) is 38.6 Å². The highest BCUT2D eigenvalue weighted by molar-refractivity contribution is 5.31. The van der Waals surface area contributed by atoms with Gasteiger partial charge in [-0.15, -0.1) is 0 Å². The smallest absolute Gasteiger partial charge is 0.122 e. The molecule has 0 amide bonds. The van der Waals surface area contributed by atoms with E-state index in [0.717, 1.165) is 30.9 Å². The zero-order valence-corrected chi connectivity index (χ0v) is 20.2. The van der Waals surface area contributed by atoms with Crippen LogP contribution < -0.4 is 9.47 Å². The van der Waals surface area contributed by atoms with E-state index >= 15 is 0 Å². The van der Waals surface area contributed by atoms with Crippen LogP contribution in [0.25, 0.3) is 0 Å². The average Bonchev–Trinajstić information content (AvgIpc) is 2.70. The van der Waals surface area contributed by atoms with E-state index in [4.69, 9.17) is 18.9 Å². The van der Waals surface area contributed by atoms with Gasteiger partial charge in [-0.3, -0.25) is 0 Å². The van der Waals surface area contributed by atoms with E-state index in [1.54, 1.807) is 0 Å². The molecule has 0 aliphatic carbocycles. The Morgan fingerprint density at radius 2 is 1.35 bits per heavy atom. The van der Waals surface area contributed by atoms with Gasteiger partial charge in [-0.05, 0) is 74.4 Å². The van der Waals surface area contributed by atoms with E-state index in [2.05, 4.69) is 65.8 Å². The lowest BCUT2D eigenvalue weighted by Gasteiger charge is -2.19. The van der Waals surface area contributed by atoms with Crippen LogP contribution in [0.15, 0.2) is 48.5 Å². The Balaban J connectivity index is 1.62. The summed E-state index contributed by atoms with van der Waals surface area (Å²) in [5.74, 6) is 1.75. The maximum atomic E-state index is 5.86. The normalized spacial score (nSPS) is 12.1. The van der Waals surface area contributed by atoms with Gasteiger partial charge in [0.25, 0.3) is 0 Å². The van der Waals surface area contributed by atoms with Gasteiger partial charge >= 0.3 is 0 Å². The maximum absolute atomic E-state index is 5.86. The van der Waals surface area contributed by atoms with Crippen molar-refractivity contribution in [3.8, 4) is 11.5 Å². The molecular weight excluding hydrogens is 388 g/mol. The number of ether oxygens (including phenoxy) is 4. The molecule has 172 valence electrons. The SMILES string of the molecule is CC(C)(C)OCCOCCCc1cccc(OCCOc2ccc(C(C)(C)C)cc2)c1. The molecule has 0 aromatic heterocycles. The molecule has 2 aromatic carbocycles. The van der Waals surface area contributed by atoms with E-state index in [-0.39, 0.29) is 11.0 Å². The van der Waals surface area contributed by atoms with E-state index < -0.39 is 0 Å². The molecule has 0 atom stereocenters. The van der Waals surface area contributed by atoms with Gasteiger partial charge in [-0.1, -0.05) is 45.0 Å². The average molecular weight is 429 g/mol. The monoisotopic (exact) mass is 428 g/mol. The standard InChI is InChI=1S/C27H40O4/c1-26(2,3)23-12-14-24(15-13-23)29-18-19-30-25-11-7-9-22(21-25)10-8-16-28-17-20-31-27(4,5)6/h7,9,11-15,21H,8,10,16-20H2,1-6H3. The minimum atomic E-state index is -0.105. The Kier molecular flexibility index (Phi) is 9.86. The molecule has 0 aliphatic rings. The molecule has 0 bridgehead atoms. The first-order valence-corrected chi connectivity index (χ1v) is 11.3. The molecule has 0 aliphatic heterocycles. The quantitative estimate of drug-likeness (QED) is 0.377. The van der Waals surface area contributed by atoms with Crippen molar-refractivity contribution in [3.63, 3.8) is 0 Å². The van der Waals surface area contributed by atoms with Crippen molar-refractivity contribution in [2.24, 2.45) is 0 Å². The second kappa shape index (κ2) is 12.1. The first-order valence-electron chi connectivity index (χ1n) is 11.3. The van der Waals surface area contributed by atoms with Crippen molar-refractivity contribution in [3.05, 3.63) is 59.7 Å². The van der Waals surface area contributed by atoms with Crippen LogP contribution in [0.1, 0.15) is 59.1 Å². The molecule has 0 saturated heterocycles. The number of hydrogen-bond donors (Lipinski definition) is 0. The molecule has 4 heteroatoms. The highest BCUT2D eigenvalue weighted by atomic mass is 16.5. The Bertz CT molecular complexity index is 754. The first kappa shape index (κ1) is 25.2. The van der Waals surface area contributed by atoms with Crippen molar-refractivity contribution in [2.45, 2.75) is 65.4 Å². The number of rotatable bonds is 12. The second-order valence-corrected chi connectivity index (χ2v) is 9.80. The fourth-order valence-corrected chi connectivity index (χ4v) is 3.05.